The summed E-state index contributed by atoms with van der Waals surface area (Å²) in [7, 11) is 0. The van der Waals surface area contributed by atoms with Crippen LogP contribution in [0.15, 0.2) is 60.7 Å². The first kappa shape index (κ1) is 28.7. The molecule has 0 nitrogen and oxygen atoms in total. The minimum atomic E-state index is 0.120. The van der Waals surface area contributed by atoms with E-state index in [2.05, 4.69) is 88.4 Å². The summed E-state index contributed by atoms with van der Waals surface area (Å²) < 4.78 is 0. The van der Waals surface area contributed by atoms with Gasteiger partial charge in [0.1, 0.15) is 0 Å². The number of fused-ring (bicyclic) bond motifs is 6. The van der Waals surface area contributed by atoms with Gasteiger partial charge in [-0.15, -0.1) is 0 Å². The van der Waals surface area contributed by atoms with Gasteiger partial charge in [0.05, 0.1) is 0 Å². The molecule has 0 aliphatic carbocycles. The summed E-state index contributed by atoms with van der Waals surface area (Å²) >= 11 is 0. The Morgan fingerprint density at radius 1 is 0.452 bits per heavy atom. The standard InChI is InChI=1S/C23H22.4C2H6/c1-15-13-14-20-18-11-6-5-9-16(18)17-10-7-8-12-19(17)21(20)22(15)23(2,3)4;4*1-2/h5-14H,1-4H3;4*1-2H3. The molecule has 0 saturated heterocycles. The minimum absolute atomic E-state index is 0.120. The number of aryl methyl sites for hydroxylation is 1. The van der Waals surface area contributed by atoms with Crippen LogP contribution in [0.25, 0.3) is 32.3 Å². The van der Waals surface area contributed by atoms with Gasteiger partial charge in [0.15, 0.2) is 0 Å². The lowest BCUT2D eigenvalue weighted by Gasteiger charge is -2.26. The fraction of sp³-hybridized carbons (Fsp3) is 0.419. The molecule has 0 atom stereocenters. The second-order valence-corrected chi connectivity index (χ2v) is 7.52. The van der Waals surface area contributed by atoms with Crippen LogP contribution in [0.3, 0.4) is 0 Å². The minimum Gasteiger partial charge on any atom is -0.0683 e. The van der Waals surface area contributed by atoms with Crippen molar-refractivity contribution in [2.45, 2.75) is 88.5 Å². The van der Waals surface area contributed by atoms with E-state index in [0.29, 0.717) is 0 Å². The highest BCUT2D eigenvalue weighted by Crippen LogP contribution is 2.41. The molecule has 4 rings (SSSR count). The van der Waals surface area contributed by atoms with E-state index in [1.807, 2.05) is 55.4 Å². The Labute approximate surface area is 192 Å². The van der Waals surface area contributed by atoms with E-state index < -0.39 is 0 Å². The lowest BCUT2D eigenvalue weighted by molar-refractivity contribution is 0.592. The van der Waals surface area contributed by atoms with Gasteiger partial charge in [-0.25, -0.2) is 0 Å². The van der Waals surface area contributed by atoms with Gasteiger partial charge in [-0.1, -0.05) is 137 Å². The highest BCUT2D eigenvalue weighted by Gasteiger charge is 2.21. The van der Waals surface area contributed by atoms with Crippen LogP contribution in [0.5, 0.6) is 0 Å². The van der Waals surface area contributed by atoms with Crippen molar-refractivity contribution in [2.24, 2.45) is 0 Å². The van der Waals surface area contributed by atoms with Crippen molar-refractivity contribution < 1.29 is 0 Å². The third-order valence-corrected chi connectivity index (χ3v) is 4.87. The molecule has 0 radical (unpaired) electrons. The van der Waals surface area contributed by atoms with Gasteiger partial charge in [0.2, 0.25) is 0 Å². The van der Waals surface area contributed by atoms with Crippen LogP contribution in [0.4, 0.5) is 0 Å². The van der Waals surface area contributed by atoms with Crippen LogP contribution in [-0.2, 0) is 5.41 Å². The molecule has 0 bridgehead atoms. The zero-order chi connectivity index (χ0) is 24.2. The van der Waals surface area contributed by atoms with Crippen molar-refractivity contribution in [1.82, 2.24) is 0 Å². The highest BCUT2D eigenvalue weighted by molar-refractivity contribution is 6.26. The maximum absolute atomic E-state index is 2.32. The van der Waals surface area contributed by atoms with Crippen molar-refractivity contribution in [3.63, 3.8) is 0 Å². The van der Waals surface area contributed by atoms with Crippen LogP contribution in [-0.4, -0.2) is 0 Å². The predicted molar refractivity (Wildman–Crippen MR) is 148 cm³/mol. The fourth-order valence-electron chi connectivity index (χ4n) is 4.07. The maximum Gasteiger partial charge on any atom is -0.00589 e. The van der Waals surface area contributed by atoms with E-state index >= 15 is 0 Å². The van der Waals surface area contributed by atoms with Crippen molar-refractivity contribution in [2.75, 3.05) is 0 Å². The number of benzene rings is 4. The van der Waals surface area contributed by atoms with Gasteiger partial charge in [0.25, 0.3) is 0 Å². The van der Waals surface area contributed by atoms with Crippen LogP contribution >= 0.6 is 0 Å². The Hall–Kier alpha value is -2.34. The molecule has 4 aromatic rings. The molecule has 170 valence electrons. The van der Waals surface area contributed by atoms with Gasteiger partial charge < -0.3 is 0 Å². The van der Waals surface area contributed by atoms with Gasteiger partial charge in [-0.05, 0) is 55.8 Å². The first-order valence-corrected chi connectivity index (χ1v) is 12.3. The van der Waals surface area contributed by atoms with Crippen LogP contribution in [0.2, 0.25) is 0 Å². The van der Waals surface area contributed by atoms with Crippen LogP contribution in [0, 0.1) is 6.92 Å². The highest BCUT2D eigenvalue weighted by atomic mass is 14.3. The second-order valence-electron chi connectivity index (χ2n) is 7.52. The molecule has 0 saturated carbocycles. The molecule has 4 aromatic carbocycles. The van der Waals surface area contributed by atoms with Crippen LogP contribution in [0.1, 0.15) is 87.3 Å². The summed E-state index contributed by atoms with van der Waals surface area (Å²) in [6.07, 6.45) is 0. The molecule has 0 aromatic heterocycles. The van der Waals surface area contributed by atoms with Crippen molar-refractivity contribution >= 4 is 32.3 Å². The zero-order valence-electron chi connectivity index (χ0n) is 22.3. The van der Waals surface area contributed by atoms with Crippen molar-refractivity contribution in [3.05, 3.63) is 71.8 Å². The Balaban J connectivity index is 0.00000102. The molecule has 0 heterocycles. The summed E-state index contributed by atoms with van der Waals surface area (Å²) in [6, 6.07) is 22.2. The SMILES string of the molecule is CC.CC.CC.CC.Cc1ccc2c3ccccc3c3ccccc3c2c1C(C)(C)C. The first-order chi connectivity index (χ1) is 15.0. The third kappa shape index (κ3) is 6.10. The summed E-state index contributed by atoms with van der Waals surface area (Å²) in [6.45, 7) is 25.2. The molecule has 31 heavy (non-hydrogen) atoms. The predicted octanol–water partition coefficient (Wildman–Crippen LogP) is 10.9. The Morgan fingerprint density at radius 3 is 1.16 bits per heavy atom. The monoisotopic (exact) mass is 418 g/mol. The van der Waals surface area contributed by atoms with Crippen molar-refractivity contribution in [1.29, 1.82) is 0 Å². The van der Waals surface area contributed by atoms with Crippen molar-refractivity contribution in [3.8, 4) is 0 Å². The molecule has 0 aliphatic heterocycles. The number of hydrogen-bond acceptors (Lipinski definition) is 0. The van der Waals surface area contributed by atoms with Crippen LogP contribution < -0.4 is 0 Å². The Kier molecular flexibility index (Phi) is 12.8. The molecule has 0 spiro atoms. The van der Waals surface area contributed by atoms with E-state index in [1.54, 1.807) is 0 Å². The molecular formula is C31H46. The van der Waals surface area contributed by atoms with E-state index in [-0.39, 0.29) is 5.41 Å². The smallest absolute Gasteiger partial charge is 0.00589 e. The normalized spacial score (nSPS) is 9.94. The molecule has 0 aliphatic rings. The summed E-state index contributed by atoms with van der Waals surface area (Å²) in [5.41, 5.74) is 2.97. The summed E-state index contributed by atoms with van der Waals surface area (Å²) in [5.74, 6) is 0. The molecule has 0 unspecified atom stereocenters. The lowest BCUT2D eigenvalue weighted by Crippen LogP contribution is -2.14. The average molecular weight is 419 g/mol. The molecule has 0 N–H and O–H groups in total. The molecular weight excluding hydrogens is 372 g/mol. The first-order valence-electron chi connectivity index (χ1n) is 12.3. The van der Waals surface area contributed by atoms with E-state index in [9.17, 15) is 0 Å². The summed E-state index contributed by atoms with van der Waals surface area (Å²) in [4.78, 5) is 0. The average Bonchev–Trinajstić information content (AvgIpc) is 2.83. The maximum atomic E-state index is 2.32. The summed E-state index contributed by atoms with van der Waals surface area (Å²) in [5, 5.41) is 8.22. The number of hydrogen-bond donors (Lipinski definition) is 0. The third-order valence-electron chi connectivity index (χ3n) is 4.87. The Bertz CT molecular complexity index is 1010. The molecule has 0 fully saturated rings. The Morgan fingerprint density at radius 2 is 0.774 bits per heavy atom. The topological polar surface area (TPSA) is 0 Å². The van der Waals surface area contributed by atoms with E-state index in [1.165, 1.54) is 43.4 Å². The van der Waals surface area contributed by atoms with Gasteiger partial charge in [-0.2, -0.15) is 0 Å². The van der Waals surface area contributed by atoms with Gasteiger partial charge >= 0.3 is 0 Å². The largest absolute Gasteiger partial charge is 0.0683 e. The lowest BCUT2D eigenvalue weighted by atomic mass is 9.78. The number of rotatable bonds is 0. The van der Waals surface area contributed by atoms with Gasteiger partial charge in [-0.3, -0.25) is 0 Å². The fourth-order valence-corrected chi connectivity index (χ4v) is 4.07. The van der Waals surface area contributed by atoms with E-state index in [4.69, 9.17) is 0 Å². The quantitative estimate of drug-likeness (QED) is 0.249. The second kappa shape index (κ2) is 13.9. The van der Waals surface area contributed by atoms with Gasteiger partial charge in [0, 0.05) is 0 Å². The zero-order valence-corrected chi connectivity index (χ0v) is 22.3. The molecule has 0 amide bonds. The molecule has 0 heteroatoms. The van der Waals surface area contributed by atoms with E-state index in [0.717, 1.165) is 0 Å².